The predicted molar refractivity (Wildman–Crippen MR) is 101 cm³/mol. The summed E-state index contributed by atoms with van der Waals surface area (Å²) in [6.07, 6.45) is 7.08. The van der Waals surface area contributed by atoms with E-state index in [-0.39, 0.29) is 0 Å². The first-order chi connectivity index (χ1) is 12.7. The molecule has 1 aliphatic carbocycles. The lowest BCUT2D eigenvalue weighted by Gasteiger charge is -2.11. The second-order valence-corrected chi connectivity index (χ2v) is 8.07. The summed E-state index contributed by atoms with van der Waals surface area (Å²) in [5.41, 5.74) is 4.00. The predicted octanol–water partition coefficient (Wildman–Crippen LogP) is 4.94. The van der Waals surface area contributed by atoms with E-state index < -0.39 is 0 Å². The van der Waals surface area contributed by atoms with Gasteiger partial charge in [0.05, 0.1) is 28.1 Å². The molecule has 0 bridgehead atoms. The summed E-state index contributed by atoms with van der Waals surface area (Å²) in [6.45, 7) is 3.94. The molecule has 0 spiro atoms. The molecule has 0 aliphatic heterocycles. The molecule has 5 rings (SSSR count). The number of rotatable bonds is 3. The molecule has 0 saturated heterocycles. The quantitative estimate of drug-likeness (QED) is 0.514. The zero-order chi connectivity index (χ0) is 17.7. The number of nitrogens with zero attached hydrogens (tertiary/aromatic N) is 5. The first-order valence-corrected chi connectivity index (χ1v) is 9.76. The van der Waals surface area contributed by atoms with E-state index in [1.54, 1.807) is 11.3 Å². The second-order valence-electron chi connectivity index (χ2n) is 6.86. The largest absolute Gasteiger partial charge is 0.333 e. The summed E-state index contributed by atoms with van der Waals surface area (Å²) >= 11 is 1.57. The highest BCUT2D eigenvalue weighted by Crippen LogP contribution is 2.34. The van der Waals surface area contributed by atoms with Crippen LogP contribution in [0.1, 0.15) is 42.4 Å². The highest BCUT2D eigenvalue weighted by Gasteiger charge is 2.20. The van der Waals surface area contributed by atoms with E-state index in [0.717, 1.165) is 26.7 Å². The topological polar surface area (TPSA) is 69.6 Å². The lowest BCUT2D eigenvalue weighted by atomic mass is 10.1. The van der Waals surface area contributed by atoms with E-state index in [2.05, 4.69) is 36.8 Å². The number of aromatic nitrogens is 5. The van der Waals surface area contributed by atoms with Crippen molar-refractivity contribution in [3.8, 4) is 22.2 Å². The van der Waals surface area contributed by atoms with Gasteiger partial charge in [-0.3, -0.25) is 0 Å². The standard InChI is InChI=1S/C19H19N5OS/c1-11-17(26-12(2)21-11)19-22-18(23-25-19)13-7-8-16-15(9-13)20-10-24(16)14-5-3-4-6-14/h7-10,14H,3-6H2,1-2H3. The minimum atomic E-state index is 0.527. The zero-order valence-electron chi connectivity index (χ0n) is 14.8. The Hall–Kier alpha value is -2.54. The van der Waals surface area contributed by atoms with Crippen LogP contribution in [0.2, 0.25) is 0 Å². The zero-order valence-corrected chi connectivity index (χ0v) is 15.6. The number of thiazole rings is 1. The fourth-order valence-corrected chi connectivity index (χ4v) is 4.65. The van der Waals surface area contributed by atoms with Crippen LogP contribution < -0.4 is 0 Å². The maximum atomic E-state index is 5.48. The summed E-state index contributed by atoms with van der Waals surface area (Å²) in [6, 6.07) is 6.79. The normalized spacial score (nSPS) is 15.3. The van der Waals surface area contributed by atoms with Crippen LogP contribution in [0.25, 0.3) is 33.2 Å². The first-order valence-electron chi connectivity index (χ1n) is 8.94. The first kappa shape index (κ1) is 15.7. The molecular weight excluding hydrogens is 346 g/mol. The Morgan fingerprint density at radius 3 is 2.77 bits per heavy atom. The molecule has 1 aromatic carbocycles. The molecule has 3 heterocycles. The van der Waals surface area contributed by atoms with Gasteiger partial charge in [-0.15, -0.1) is 11.3 Å². The van der Waals surface area contributed by atoms with Gasteiger partial charge in [0.15, 0.2) is 0 Å². The molecule has 0 radical (unpaired) electrons. The third-order valence-corrected chi connectivity index (χ3v) is 6.14. The molecule has 7 heteroatoms. The smallest absolute Gasteiger partial charge is 0.270 e. The molecule has 0 N–H and O–H groups in total. The average Bonchev–Trinajstić information content (AvgIpc) is 3.40. The molecule has 1 aliphatic rings. The Balaban J connectivity index is 1.50. The molecule has 1 fully saturated rings. The van der Waals surface area contributed by atoms with Crippen LogP contribution in [0.15, 0.2) is 29.0 Å². The van der Waals surface area contributed by atoms with Crippen LogP contribution in [-0.2, 0) is 0 Å². The van der Waals surface area contributed by atoms with Crippen LogP contribution in [0.4, 0.5) is 0 Å². The summed E-state index contributed by atoms with van der Waals surface area (Å²) in [5.74, 6) is 1.11. The van der Waals surface area contributed by atoms with Crippen molar-refractivity contribution in [2.75, 3.05) is 0 Å². The van der Waals surface area contributed by atoms with Gasteiger partial charge in [0.1, 0.15) is 4.88 Å². The molecule has 0 amide bonds. The number of hydrogen-bond donors (Lipinski definition) is 0. The average molecular weight is 365 g/mol. The van der Waals surface area contributed by atoms with E-state index in [4.69, 9.17) is 4.52 Å². The van der Waals surface area contributed by atoms with Crippen molar-refractivity contribution in [2.45, 2.75) is 45.6 Å². The van der Waals surface area contributed by atoms with Crippen molar-refractivity contribution >= 4 is 22.4 Å². The van der Waals surface area contributed by atoms with Gasteiger partial charge in [-0.1, -0.05) is 18.0 Å². The molecule has 132 valence electrons. The molecular formula is C19H19N5OS. The fourth-order valence-electron chi connectivity index (χ4n) is 3.81. The minimum absolute atomic E-state index is 0.527. The Morgan fingerprint density at radius 1 is 1.15 bits per heavy atom. The van der Waals surface area contributed by atoms with Crippen LogP contribution in [-0.4, -0.2) is 24.7 Å². The van der Waals surface area contributed by atoms with Crippen molar-refractivity contribution in [3.05, 3.63) is 35.2 Å². The monoisotopic (exact) mass is 365 g/mol. The molecule has 3 aromatic heterocycles. The maximum Gasteiger partial charge on any atom is 0.270 e. The summed E-state index contributed by atoms with van der Waals surface area (Å²) in [7, 11) is 0. The van der Waals surface area contributed by atoms with Gasteiger partial charge in [-0.05, 0) is 44.9 Å². The van der Waals surface area contributed by atoms with Crippen molar-refractivity contribution in [3.63, 3.8) is 0 Å². The highest BCUT2D eigenvalue weighted by molar-refractivity contribution is 7.15. The summed E-state index contributed by atoms with van der Waals surface area (Å²) < 4.78 is 7.80. The number of imidazole rings is 1. The van der Waals surface area contributed by atoms with E-state index in [0.29, 0.717) is 17.8 Å². The Morgan fingerprint density at radius 2 is 2.00 bits per heavy atom. The third kappa shape index (κ3) is 2.54. The molecule has 1 saturated carbocycles. The Labute approximate surface area is 154 Å². The summed E-state index contributed by atoms with van der Waals surface area (Å²) in [4.78, 5) is 14.5. The highest BCUT2D eigenvalue weighted by atomic mass is 32.1. The van der Waals surface area contributed by atoms with Crippen LogP contribution in [0, 0.1) is 13.8 Å². The third-order valence-electron chi connectivity index (χ3n) is 5.07. The van der Waals surface area contributed by atoms with E-state index in [1.165, 1.54) is 31.2 Å². The molecule has 26 heavy (non-hydrogen) atoms. The maximum absolute atomic E-state index is 5.48. The molecule has 0 unspecified atom stereocenters. The Kier molecular flexibility index (Phi) is 3.63. The minimum Gasteiger partial charge on any atom is -0.333 e. The number of fused-ring (bicyclic) bond motifs is 1. The van der Waals surface area contributed by atoms with Crippen LogP contribution in [0.5, 0.6) is 0 Å². The van der Waals surface area contributed by atoms with Crippen molar-refractivity contribution in [2.24, 2.45) is 0 Å². The number of hydrogen-bond acceptors (Lipinski definition) is 6. The van der Waals surface area contributed by atoms with Gasteiger partial charge in [0.2, 0.25) is 5.82 Å². The van der Waals surface area contributed by atoms with Crippen LogP contribution in [0.3, 0.4) is 0 Å². The van der Waals surface area contributed by atoms with E-state index >= 15 is 0 Å². The van der Waals surface area contributed by atoms with Gasteiger partial charge in [-0.2, -0.15) is 4.98 Å². The van der Waals surface area contributed by atoms with Gasteiger partial charge < -0.3 is 9.09 Å². The van der Waals surface area contributed by atoms with E-state index in [1.807, 2.05) is 26.2 Å². The van der Waals surface area contributed by atoms with Gasteiger partial charge >= 0.3 is 0 Å². The fraction of sp³-hybridized carbons (Fsp3) is 0.368. The van der Waals surface area contributed by atoms with E-state index in [9.17, 15) is 0 Å². The van der Waals surface area contributed by atoms with Crippen molar-refractivity contribution < 1.29 is 4.52 Å². The van der Waals surface area contributed by atoms with Crippen molar-refractivity contribution in [1.29, 1.82) is 0 Å². The van der Waals surface area contributed by atoms with Crippen molar-refractivity contribution in [1.82, 2.24) is 24.7 Å². The molecule has 4 aromatic rings. The van der Waals surface area contributed by atoms with Crippen LogP contribution >= 0.6 is 11.3 Å². The van der Waals surface area contributed by atoms with Gasteiger partial charge in [0.25, 0.3) is 5.89 Å². The Bertz CT molecular complexity index is 1090. The van der Waals surface area contributed by atoms with Gasteiger partial charge in [-0.25, -0.2) is 9.97 Å². The molecule has 0 atom stereocenters. The number of benzene rings is 1. The summed E-state index contributed by atoms with van der Waals surface area (Å²) in [5, 5.41) is 5.16. The number of aryl methyl sites for hydroxylation is 2. The SMILES string of the molecule is Cc1nc(C)c(-c2nc(-c3ccc4c(c3)ncn4C3CCCC3)no2)s1. The lowest BCUT2D eigenvalue weighted by Crippen LogP contribution is -2.02. The lowest BCUT2D eigenvalue weighted by molar-refractivity contribution is 0.433. The second kappa shape index (κ2) is 6.02. The van der Waals surface area contributed by atoms with Gasteiger partial charge in [0, 0.05) is 11.6 Å². The molecule has 6 nitrogen and oxygen atoms in total.